The Morgan fingerprint density at radius 3 is 2.13 bits per heavy atom. The first-order chi connectivity index (χ1) is 7.42. The largest absolute Gasteiger partial charge is 0.271 e. The molecule has 0 radical (unpaired) electrons. The molecule has 1 heterocycles. The van der Waals surface area contributed by atoms with Crippen LogP contribution in [0.4, 0.5) is 0 Å². The highest BCUT2D eigenvalue weighted by Crippen LogP contribution is 2.19. The summed E-state index contributed by atoms with van der Waals surface area (Å²) in [6, 6.07) is 14.0. The Balaban J connectivity index is 2.34. The van der Waals surface area contributed by atoms with Gasteiger partial charge in [0.1, 0.15) is 0 Å². The monoisotopic (exact) mass is 199 g/mol. The SMILES string of the molecule is NNC(c1ccccc1)c1ccncc1. The van der Waals surface area contributed by atoms with E-state index in [4.69, 9.17) is 5.84 Å². The second kappa shape index (κ2) is 4.68. The third-order valence-electron chi connectivity index (χ3n) is 2.34. The quantitative estimate of drug-likeness (QED) is 0.583. The predicted octanol–water partition coefficient (Wildman–Crippen LogP) is 1.63. The van der Waals surface area contributed by atoms with Crippen LogP contribution in [-0.4, -0.2) is 4.98 Å². The average Bonchev–Trinajstić information content (AvgIpc) is 2.33. The van der Waals surface area contributed by atoms with Gasteiger partial charge in [-0.1, -0.05) is 30.3 Å². The van der Waals surface area contributed by atoms with Crippen LogP contribution in [0.25, 0.3) is 0 Å². The maximum atomic E-state index is 5.57. The third kappa shape index (κ3) is 2.21. The Labute approximate surface area is 88.9 Å². The lowest BCUT2D eigenvalue weighted by Gasteiger charge is -2.16. The summed E-state index contributed by atoms with van der Waals surface area (Å²) < 4.78 is 0. The molecular formula is C12H13N3. The number of benzene rings is 1. The zero-order valence-corrected chi connectivity index (χ0v) is 8.30. The summed E-state index contributed by atoms with van der Waals surface area (Å²) in [5.41, 5.74) is 5.06. The second-order valence-corrected chi connectivity index (χ2v) is 3.29. The van der Waals surface area contributed by atoms with Crippen molar-refractivity contribution in [2.45, 2.75) is 6.04 Å². The number of rotatable bonds is 3. The molecule has 0 amide bonds. The molecule has 1 unspecified atom stereocenters. The lowest BCUT2D eigenvalue weighted by Crippen LogP contribution is -2.28. The van der Waals surface area contributed by atoms with Crippen LogP contribution < -0.4 is 11.3 Å². The molecule has 0 aliphatic heterocycles. The van der Waals surface area contributed by atoms with Gasteiger partial charge in [0.2, 0.25) is 0 Å². The number of hydrogen-bond donors (Lipinski definition) is 2. The van der Waals surface area contributed by atoms with Gasteiger partial charge >= 0.3 is 0 Å². The van der Waals surface area contributed by atoms with Gasteiger partial charge in [0.05, 0.1) is 6.04 Å². The zero-order chi connectivity index (χ0) is 10.5. The van der Waals surface area contributed by atoms with E-state index in [2.05, 4.69) is 10.4 Å². The Morgan fingerprint density at radius 1 is 0.933 bits per heavy atom. The van der Waals surface area contributed by atoms with E-state index in [-0.39, 0.29) is 6.04 Å². The van der Waals surface area contributed by atoms with Crippen molar-refractivity contribution in [1.82, 2.24) is 10.4 Å². The van der Waals surface area contributed by atoms with Crippen molar-refractivity contribution in [3.8, 4) is 0 Å². The number of hydrogen-bond acceptors (Lipinski definition) is 3. The van der Waals surface area contributed by atoms with Crippen molar-refractivity contribution in [1.29, 1.82) is 0 Å². The normalized spacial score (nSPS) is 12.3. The molecule has 1 aromatic carbocycles. The number of nitrogens with one attached hydrogen (secondary N) is 1. The molecule has 76 valence electrons. The van der Waals surface area contributed by atoms with Gasteiger partial charge in [0.15, 0.2) is 0 Å². The smallest absolute Gasteiger partial charge is 0.0711 e. The first-order valence-corrected chi connectivity index (χ1v) is 4.83. The molecule has 0 saturated heterocycles. The summed E-state index contributed by atoms with van der Waals surface area (Å²) in [4.78, 5) is 3.99. The fourth-order valence-corrected chi connectivity index (χ4v) is 1.59. The van der Waals surface area contributed by atoms with E-state index in [1.807, 2.05) is 42.5 Å². The molecule has 2 aromatic rings. The van der Waals surface area contributed by atoms with E-state index in [0.29, 0.717) is 0 Å². The van der Waals surface area contributed by atoms with Gasteiger partial charge in [-0.25, -0.2) is 5.43 Å². The van der Waals surface area contributed by atoms with Crippen molar-refractivity contribution in [3.05, 3.63) is 66.0 Å². The van der Waals surface area contributed by atoms with Crippen molar-refractivity contribution in [2.24, 2.45) is 5.84 Å². The Morgan fingerprint density at radius 2 is 1.53 bits per heavy atom. The van der Waals surface area contributed by atoms with Crippen LogP contribution in [0.15, 0.2) is 54.9 Å². The first kappa shape index (κ1) is 9.83. The van der Waals surface area contributed by atoms with Crippen molar-refractivity contribution >= 4 is 0 Å². The molecule has 0 spiro atoms. The average molecular weight is 199 g/mol. The fraction of sp³-hybridized carbons (Fsp3) is 0.0833. The van der Waals surface area contributed by atoms with E-state index in [1.54, 1.807) is 12.4 Å². The topological polar surface area (TPSA) is 50.9 Å². The number of nitrogens with zero attached hydrogens (tertiary/aromatic N) is 1. The molecule has 0 fully saturated rings. The minimum absolute atomic E-state index is 0.0224. The summed E-state index contributed by atoms with van der Waals surface area (Å²) in [5, 5.41) is 0. The van der Waals surface area contributed by atoms with E-state index in [9.17, 15) is 0 Å². The van der Waals surface area contributed by atoms with Crippen LogP contribution in [0, 0.1) is 0 Å². The fourth-order valence-electron chi connectivity index (χ4n) is 1.59. The molecule has 1 atom stereocenters. The van der Waals surface area contributed by atoms with Gasteiger partial charge in [-0.15, -0.1) is 0 Å². The van der Waals surface area contributed by atoms with Gasteiger partial charge < -0.3 is 0 Å². The standard InChI is InChI=1S/C12H13N3/c13-15-12(10-4-2-1-3-5-10)11-6-8-14-9-7-11/h1-9,12,15H,13H2. The van der Waals surface area contributed by atoms with Crippen molar-refractivity contribution < 1.29 is 0 Å². The molecule has 0 aliphatic rings. The van der Waals surface area contributed by atoms with Crippen LogP contribution >= 0.6 is 0 Å². The van der Waals surface area contributed by atoms with Crippen LogP contribution in [0.2, 0.25) is 0 Å². The molecule has 0 bridgehead atoms. The Hall–Kier alpha value is -1.71. The first-order valence-electron chi connectivity index (χ1n) is 4.83. The number of nitrogens with two attached hydrogens (primary N) is 1. The minimum Gasteiger partial charge on any atom is -0.271 e. The number of aromatic nitrogens is 1. The lowest BCUT2D eigenvalue weighted by molar-refractivity contribution is 0.636. The summed E-state index contributed by atoms with van der Waals surface area (Å²) in [6.07, 6.45) is 3.53. The Bertz CT molecular complexity index is 360. The molecule has 3 heteroatoms. The molecule has 3 N–H and O–H groups in total. The van der Waals surface area contributed by atoms with Gasteiger partial charge in [-0.2, -0.15) is 0 Å². The Kier molecular flexibility index (Phi) is 3.07. The minimum atomic E-state index is 0.0224. The molecule has 1 aromatic heterocycles. The molecule has 0 aliphatic carbocycles. The number of pyridine rings is 1. The van der Waals surface area contributed by atoms with Crippen LogP contribution in [0.5, 0.6) is 0 Å². The van der Waals surface area contributed by atoms with Crippen molar-refractivity contribution in [2.75, 3.05) is 0 Å². The van der Waals surface area contributed by atoms with Crippen LogP contribution in [0.3, 0.4) is 0 Å². The lowest BCUT2D eigenvalue weighted by atomic mass is 10.0. The van der Waals surface area contributed by atoms with Gasteiger partial charge in [0, 0.05) is 12.4 Å². The van der Waals surface area contributed by atoms with E-state index in [1.165, 1.54) is 0 Å². The molecular weight excluding hydrogens is 186 g/mol. The molecule has 15 heavy (non-hydrogen) atoms. The molecule has 3 nitrogen and oxygen atoms in total. The predicted molar refractivity (Wildman–Crippen MR) is 59.8 cm³/mol. The van der Waals surface area contributed by atoms with Gasteiger partial charge in [-0.3, -0.25) is 10.8 Å². The van der Waals surface area contributed by atoms with E-state index < -0.39 is 0 Å². The van der Waals surface area contributed by atoms with Crippen LogP contribution in [0.1, 0.15) is 17.2 Å². The maximum absolute atomic E-state index is 5.57. The zero-order valence-electron chi connectivity index (χ0n) is 8.30. The van der Waals surface area contributed by atoms with E-state index in [0.717, 1.165) is 11.1 Å². The highest BCUT2D eigenvalue weighted by Gasteiger charge is 2.10. The third-order valence-corrected chi connectivity index (χ3v) is 2.34. The summed E-state index contributed by atoms with van der Waals surface area (Å²) in [7, 11) is 0. The highest BCUT2D eigenvalue weighted by molar-refractivity contribution is 5.29. The van der Waals surface area contributed by atoms with Gasteiger partial charge in [-0.05, 0) is 23.3 Å². The maximum Gasteiger partial charge on any atom is 0.0711 e. The second-order valence-electron chi connectivity index (χ2n) is 3.29. The van der Waals surface area contributed by atoms with Crippen molar-refractivity contribution in [3.63, 3.8) is 0 Å². The molecule has 0 saturated carbocycles. The van der Waals surface area contributed by atoms with Crippen LogP contribution in [-0.2, 0) is 0 Å². The number of hydrazine groups is 1. The molecule has 2 rings (SSSR count). The van der Waals surface area contributed by atoms with Gasteiger partial charge in [0.25, 0.3) is 0 Å². The summed E-state index contributed by atoms with van der Waals surface area (Å²) in [5.74, 6) is 5.57. The highest BCUT2D eigenvalue weighted by atomic mass is 15.2. The van der Waals surface area contributed by atoms with E-state index >= 15 is 0 Å². The summed E-state index contributed by atoms with van der Waals surface area (Å²) >= 11 is 0. The summed E-state index contributed by atoms with van der Waals surface area (Å²) in [6.45, 7) is 0.